The van der Waals surface area contributed by atoms with E-state index in [1.807, 2.05) is 0 Å². The lowest BCUT2D eigenvalue weighted by Gasteiger charge is -2.32. The molecule has 0 aliphatic heterocycles. The Hall–Kier alpha value is -0.563. The van der Waals surface area contributed by atoms with Gasteiger partial charge in [0, 0.05) is 0 Å². The summed E-state index contributed by atoms with van der Waals surface area (Å²) in [6.07, 6.45) is 0. The van der Waals surface area contributed by atoms with Gasteiger partial charge < -0.3 is 0 Å². The van der Waals surface area contributed by atoms with Gasteiger partial charge in [0.1, 0.15) is 0 Å². The molecule has 0 amide bonds. The van der Waals surface area contributed by atoms with Crippen molar-refractivity contribution in [3.8, 4) is 0 Å². The zero-order chi connectivity index (χ0) is 10.6. The molecular weight excluding hydrogens is 184 g/mol. The molecule has 0 N–H and O–H groups in total. The summed E-state index contributed by atoms with van der Waals surface area (Å²) in [5, 5.41) is 0.412. The quantitative estimate of drug-likeness (QED) is 0.651. The summed E-state index contributed by atoms with van der Waals surface area (Å²) in [7, 11) is -0.252. The third-order valence-electron chi connectivity index (χ3n) is 3.23. The molecule has 0 saturated carbocycles. The van der Waals surface area contributed by atoms with Crippen molar-refractivity contribution >= 4 is 8.80 Å². The van der Waals surface area contributed by atoms with E-state index < -0.39 is 0 Å². The van der Waals surface area contributed by atoms with Gasteiger partial charge in [-0.15, -0.1) is 0 Å². The Labute approximate surface area is 90.0 Å². The van der Waals surface area contributed by atoms with E-state index in [1.54, 1.807) is 0 Å². The normalized spacial score (nSPS) is 12.1. The monoisotopic (exact) mass is 205 g/mol. The average Bonchev–Trinajstić information content (AvgIpc) is 2.20. The molecule has 0 saturated heterocycles. The minimum Gasteiger partial charge on any atom is -0.0679 e. The third-order valence-corrected chi connectivity index (χ3v) is 7.00. The van der Waals surface area contributed by atoms with Gasteiger partial charge in [0.15, 0.2) is 0 Å². The van der Waals surface area contributed by atoms with Gasteiger partial charge in [0.05, 0.1) is 8.80 Å². The van der Waals surface area contributed by atoms with Gasteiger partial charge in [-0.05, 0) is 10.6 Å². The Morgan fingerprint density at radius 1 is 1.00 bits per heavy atom. The number of hydrogen-bond donors (Lipinski definition) is 0. The summed E-state index contributed by atoms with van der Waals surface area (Å²) in [4.78, 5) is 0. The molecule has 0 nitrogen and oxygen atoms in total. The topological polar surface area (TPSA) is 0 Å². The molecule has 1 radical (unpaired) electrons. The Morgan fingerprint density at radius 3 is 1.93 bits per heavy atom. The van der Waals surface area contributed by atoms with Crippen molar-refractivity contribution in [2.45, 2.75) is 44.8 Å². The molecule has 1 rings (SSSR count). The van der Waals surface area contributed by atoms with Crippen LogP contribution >= 0.6 is 0 Å². The zero-order valence-electron chi connectivity index (χ0n) is 9.80. The predicted octanol–water partition coefficient (Wildman–Crippen LogP) is 4.04. The molecule has 14 heavy (non-hydrogen) atoms. The van der Waals surface area contributed by atoms with Gasteiger partial charge in [-0.1, -0.05) is 70.1 Å². The third kappa shape index (κ3) is 2.27. The number of benzene rings is 1. The molecular formula is C13H21Si. The number of hydrogen-bond acceptors (Lipinski definition) is 0. The highest BCUT2D eigenvalue weighted by Crippen LogP contribution is 2.29. The van der Waals surface area contributed by atoms with Crippen LogP contribution in [0.4, 0.5) is 0 Å². The molecule has 1 heteroatoms. The van der Waals surface area contributed by atoms with Gasteiger partial charge in [-0.2, -0.15) is 0 Å². The fourth-order valence-electron chi connectivity index (χ4n) is 2.19. The molecule has 0 aromatic heterocycles. The van der Waals surface area contributed by atoms with Crippen molar-refractivity contribution in [2.75, 3.05) is 0 Å². The van der Waals surface area contributed by atoms with Crippen LogP contribution in [0, 0.1) is 0 Å². The second-order valence-corrected chi connectivity index (χ2v) is 8.17. The largest absolute Gasteiger partial charge is 0.0679 e. The van der Waals surface area contributed by atoms with Gasteiger partial charge in [-0.3, -0.25) is 0 Å². The Morgan fingerprint density at radius 2 is 1.50 bits per heavy atom. The van der Waals surface area contributed by atoms with E-state index in [0.717, 1.165) is 0 Å². The van der Waals surface area contributed by atoms with Crippen LogP contribution in [-0.2, 0) is 5.04 Å². The molecule has 0 fully saturated rings. The van der Waals surface area contributed by atoms with E-state index in [9.17, 15) is 0 Å². The highest BCUT2D eigenvalue weighted by Gasteiger charge is 2.29. The second kappa shape index (κ2) is 4.79. The molecule has 0 atom stereocenters. The maximum Gasteiger partial charge on any atom is 0.0591 e. The zero-order valence-corrected chi connectivity index (χ0v) is 10.8. The first-order chi connectivity index (χ1) is 6.62. The smallest absolute Gasteiger partial charge is 0.0591 e. The van der Waals surface area contributed by atoms with Crippen molar-refractivity contribution in [3.05, 3.63) is 35.9 Å². The standard InChI is InChI=1S/C13H21Si/c1-5-14(6-2)13(3,4)12-10-8-7-9-11-12/h7-11H,5-6H2,1-4H3. The lowest BCUT2D eigenvalue weighted by molar-refractivity contribution is 0.724. The van der Waals surface area contributed by atoms with Crippen LogP contribution in [0.3, 0.4) is 0 Å². The minimum absolute atomic E-state index is 0.252. The molecule has 0 aliphatic rings. The Bertz CT molecular complexity index is 260. The summed E-state index contributed by atoms with van der Waals surface area (Å²) >= 11 is 0. The average molecular weight is 205 g/mol. The Kier molecular flexibility index (Phi) is 3.94. The summed E-state index contributed by atoms with van der Waals surface area (Å²) in [6, 6.07) is 13.7. The van der Waals surface area contributed by atoms with Crippen molar-refractivity contribution < 1.29 is 0 Å². The SMILES string of the molecule is CC[Si](CC)C(C)(C)c1ccccc1. The van der Waals surface area contributed by atoms with Crippen molar-refractivity contribution in [3.63, 3.8) is 0 Å². The Balaban J connectivity index is 2.94. The van der Waals surface area contributed by atoms with E-state index >= 15 is 0 Å². The lowest BCUT2D eigenvalue weighted by atomic mass is 10.0. The van der Waals surface area contributed by atoms with E-state index in [2.05, 4.69) is 58.0 Å². The van der Waals surface area contributed by atoms with Crippen LogP contribution in [0.15, 0.2) is 30.3 Å². The molecule has 0 spiro atoms. The van der Waals surface area contributed by atoms with Crippen LogP contribution in [-0.4, -0.2) is 8.80 Å². The molecule has 77 valence electrons. The van der Waals surface area contributed by atoms with Crippen LogP contribution in [0.25, 0.3) is 0 Å². The van der Waals surface area contributed by atoms with Crippen molar-refractivity contribution in [1.29, 1.82) is 0 Å². The van der Waals surface area contributed by atoms with Crippen molar-refractivity contribution in [1.82, 2.24) is 0 Å². The highest BCUT2D eigenvalue weighted by molar-refractivity contribution is 6.61. The van der Waals surface area contributed by atoms with Gasteiger partial charge in [0.2, 0.25) is 0 Å². The molecule has 0 bridgehead atoms. The van der Waals surface area contributed by atoms with Crippen LogP contribution < -0.4 is 0 Å². The summed E-state index contributed by atoms with van der Waals surface area (Å²) in [5.74, 6) is 0. The maximum atomic E-state index is 2.41. The molecule has 1 aromatic carbocycles. The van der Waals surface area contributed by atoms with Gasteiger partial charge in [0.25, 0.3) is 0 Å². The first kappa shape index (κ1) is 11.5. The van der Waals surface area contributed by atoms with E-state index in [-0.39, 0.29) is 8.80 Å². The summed E-state index contributed by atoms with van der Waals surface area (Å²) in [5.41, 5.74) is 1.51. The van der Waals surface area contributed by atoms with Crippen molar-refractivity contribution in [2.24, 2.45) is 0 Å². The second-order valence-electron chi connectivity index (χ2n) is 4.30. The maximum absolute atomic E-state index is 2.41. The van der Waals surface area contributed by atoms with E-state index in [4.69, 9.17) is 0 Å². The number of rotatable bonds is 4. The highest BCUT2D eigenvalue weighted by atomic mass is 28.3. The van der Waals surface area contributed by atoms with E-state index in [1.165, 1.54) is 17.7 Å². The molecule has 0 aliphatic carbocycles. The fourth-order valence-corrected chi connectivity index (χ4v) is 5.04. The van der Waals surface area contributed by atoms with Crippen LogP contribution in [0.5, 0.6) is 0 Å². The van der Waals surface area contributed by atoms with Crippen LogP contribution in [0.2, 0.25) is 12.1 Å². The summed E-state index contributed by atoms with van der Waals surface area (Å²) < 4.78 is 0. The van der Waals surface area contributed by atoms with Crippen LogP contribution in [0.1, 0.15) is 33.3 Å². The minimum atomic E-state index is -0.252. The fraction of sp³-hybridized carbons (Fsp3) is 0.538. The van der Waals surface area contributed by atoms with Gasteiger partial charge >= 0.3 is 0 Å². The van der Waals surface area contributed by atoms with Gasteiger partial charge in [-0.25, -0.2) is 0 Å². The summed E-state index contributed by atoms with van der Waals surface area (Å²) in [6.45, 7) is 9.48. The van der Waals surface area contributed by atoms with E-state index in [0.29, 0.717) is 5.04 Å². The molecule has 0 unspecified atom stereocenters. The predicted molar refractivity (Wildman–Crippen MR) is 66.2 cm³/mol. The molecule has 1 aromatic rings. The molecule has 0 heterocycles. The lowest BCUT2D eigenvalue weighted by Crippen LogP contribution is -2.36. The first-order valence-electron chi connectivity index (χ1n) is 5.53. The first-order valence-corrected chi connectivity index (χ1v) is 7.45.